The van der Waals surface area contributed by atoms with Crippen LogP contribution in [-0.4, -0.2) is 17.4 Å². The normalized spacial score (nSPS) is 21.8. The van der Waals surface area contributed by atoms with E-state index in [1.165, 1.54) is 19.3 Å². The van der Waals surface area contributed by atoms with Gasteiger partial charge in [-0.05, 0) is 43.2 Å². The molecule has 1 aromatic heterocycles. The van der Waals surface area contributed by atoms with Crippen molar-refractivity contribution in [2.75, 3.05) is 12.0 Å². The highest BCUT2D eigenvalue weighted by Gasteiger charge is 2.21. The van der Waals surface area contributed by atoms with Crippen LogP contribution in [0.1, 0.15) is 49.2 Å². The number of nitrogens with one attached hydrogen (secondary N) is 2. The Morgan fingerprint density at radius 1 is 1.45 bits per heavy atom. The van der Waals surface area contributed by atoms with Crippen LogP contribution in [0.15, 0.2) is 12.1 Å². The van der Waals surface area contributed by atoms with Crippen molar-refractivity contribution in [3.63, 3.8) is 0 Å². The van der Waals surface area contributed by atoms with E-state index in [1.54, 1.807) is 6.07 Å². The molecule has 1 aromatic rings. The average molecular weight is 276 g/mol. The Morgan fingerprint density at radius 2 is 2.25 bits per heavy atom. The first-order valence-electron chi connectivity index (χ1n) is 7.38. The molecule has 0 spiro atoms. The number of aryl methyl sites for hydroxylation is 1. The summed E-state index contributed by atoms with van der Waals surface area (Å²) in [6, 6.07) is 3.51. The third-order valence-electron chi connectivity index (χ3n) is 4.01. The van der Waals surface area contributed by atoms with E-state index in [1.807, 2.05) is 13.0 Å². The lowest BCUT2D eigenvalue weighted by Crippen LogP contribution is -2.28. The van der Waals surface area contributed by atoms with Crippen LogP contribution in [0, 0.1) is 11.8 Å². The van der Waals surface area contributed by atoms with Crippen molar-refractivity contribution < 1.29 is 4.79 Å². The lowest BCUT2D eigenvalue weighted by atomic mass is 10.1. The van der Waals surface area contributed by atoms with Crippen LogP contribution in [0.25, 0.3) is 0 Å². The Hall–Kier alpha value is -1.62. The minimum Gasteiger partial charge on any atom is -0.352 e. The molecule has 2 rings (SSSR count). The Labute approximate surface area is 120 Å². The molecule has 20 heavy (non-hydrogen) atoms. The number of amides is 1. The van der Waals surface area contributed by atoms with Crippen LogP contribution in [0.3, 0.4) is 0 Å². The molecule has 0 radical (unpaired) electrons. The molecule has 0 saturated heterocycles. The number of anilines is 1. The van der Waals surface area contributed by atoms with Crippen LogP contribution in [0.5, 0.6) is 0 Å². The van der Waals surface area contributed by atoms with Crippen LogP contribution in [0.4, 0.5) is 5.82 Å². The lowest BCUT2D eigenvalue weighted by molar-refractivity contribution is 0.0947. The van der Waals surface area contributed by atoms with Gasteiger partial charge < -0.3 is 10.7 Å². The molecule has 1 aliphatic rings. The van der Waals surface area contributed by atoms with E-state index in [4.69, 9.17) is 5.84 Å². The summed E-state index contributed by atoms with van der Waals surface area (Å²) in [6.45, 7) is 5.04. The zero-order chi connectivity index (χ0) is 14.5. The van der Waals surface area contributed by atoms with Gasteiger partial charge in [-0.25, -0.2) is 10.8 Å². The number of nitrogen functional groups attached to an aromatic ring is 1. The maximum absolute atomic E-state index is 12.2. The molecule has 0 bridgehead atoms. The van der Waals surface area contributed by atoms with Gasteiger partial charge in [0.25, 0.3) is 5.91 Å². The van der Waals surface area contributed by atoms with Gasteiger partial charge in [0, 0.05) is 17.8 Å². The fourth-order valence-electron chi connectivity index (χ4n) is 2.82. The number of hydrogen-bond acceptors (Lipinski definition) is 4. The Kier molecular flexibility index (Phi) is 4.95. The molecule has 5 nitrogen and oxygen atoms in total. The number of nitrogens with zero attached hydrogens (tertiary/aromatic N) is 1. The van der Waals surface area contributed by atoms with Crippen LogP contribution in [-0.2, 0) is 6.42 Å². The number of pyridine rings is 1. The van der Waals surface area contributed by atoms with Crippen molar-refractivity contribution in [3.05, 3.63) is 23.4 Å². The van der Waals surface area contributed by atoms with Crippen molar-refractivity contribution in [2.24, 2.45) is 17.7 Å². The summed E-state index contributed by atoms with van der Waals surface area (Å²) in [6.07, 6.45) is 4.48. The first-order valence-corrected chi connectivity index (χ1v) is 7.38. The molecule has 5 heteroatoms. The average Bonchev–Trinajstić information content (AvgIpc) is 2.89. The predicted octanol–water partition coefficient (Wildman–Crippen LogP) is 2.10. The maximum atomic E-state index is 12.2. The monoisotopic (exact) mass is 276 g/mol. The Morgan fingerprint density at radius 3 is 2.85 bits per heavy atom. The standard InChI is InChI=1S/C15H24N4O/c1-3-13-7-12(8-14(18-13)19-16)15(20)17-9-11-5-4-10(2)6-11/h7-8,10-11H,3-6,9,16H2,1-2H3,(H,17,20)(H,18,19). The predicted molar refractivity (Wildman–Crippen MR) is 80.3 cm³/mol. The summed E-state index contributed by atoms with van der Waals surface area (Å²) in [4.78, 5) is 16.5. The molecule has 1 amide bonds. The third-order valence-corrected chi connectivity index (χ3v) is 4.01. The number of carbonyl (C=O) groups excluding carboxylic acids is 1. The van der Waals surface area contributed by atoms with Crippen LogP contribution in [0.2, 0.25) is 0 Å². The van der Waals surface area contributed by atoms with Crippen molar-refractivity contribution >= 4 is 11.7 Å². The highest BCUT2D eigenvalue weighted by atomic mass is 16.1. The molecular weight excluding hydrogens is 252 g/mol. The topological polar surface area (TPSA) is 80.0 Å². The molecule has 0 aliphatic heterocycles. The smallest absolute Gasteiger partial charge is 0.251 e. The minimum absolute atomic E-state index is 0.0434. The zero-order valence-electron chi connectivity index (χ0n) is 12.3. The van der Waals surface area contributed by atoms with Gasteiger partial charge in [-0.2, -0.15) is 0 Å². The van der Waals surface area contributed by atoms with Gasteiger partial charge in [-0.1, -0.05) is 20.3 Å². The van der Waals surface area contributed by atoms with E-state index < -0.39 is 0 Å². The SMILES string of the molecule is CCc1cc(C(=O)NCC2CCC(C)C2)cc(NN)n1. The summed E-state index contributed by atoms with van der Waals surface area (Å²) in [7, 11) is 0. The quantitative estimate of drug-likeness (QED) is 0.568. The Bertz CT molecular complexity index is 453. The van der Waals surface area contributed by atoms with Crippen LogP contribution >= 0.6 is 0 Å². The van der Waals surface area contributed by atoms with Gasteiger partial charge in [0.05, 0.1) is 0 Å². The second-order valence-electron chi connectivity index (χ2n) is 5.72. The van der Waals surface area contributed by atoms with Crippen LogP contribution < -0.4 is 16.6 Å². The fraction of sp³-hybridized carbons (Fsp3) is 0.600. The highest BCUT2D eigenvalue weighted by molar-refractivity contribution is 5.95. The summed E-state index contributed by atoms with van der Waals surface area (Å²) in [5, 5.41) is 3.03. The van der Waals surface area contributed by atoms with Gasteiger partial charge in [0.15, 0.2) is 0 Å². The molecular formula is C15H24N4O. The number of aromatic nitrogens is 1. The molecule has 1 saturated carbocycles. The molecule has 1 aliphatic carbocycles. The van der Waals surface area contributed by atoms with E-state index in [0.717, 1.165) is 24.6 Å². The number of hydrogen-bond donors (Lipinski definition) is 3. The molecule has 0 aromatic carbocycles. The van der Waals surface area contributed by atoms with E-state index in [2.05, 4.69) is 22.7 Å². The van der Waals surface area contributed by atoms with Gasteiger partial charge in [0.1, 0.15) is 5.82 Å². The summed E-state index contributed by atoms with van der Waals surface area (Å²) < 4.78 is 0. The second kappa shape index (κ2) is 6.70. The molecule has 4 N–H and O–H groups in total. The molecule has 2 atom stereocenters. The van der Waals surface area contributed by atoms with Crippen molar-refractivity contribution in [2.45, 2.75) is 39.5 Å². The third kappa shape index (κ3) is 3.70. The molecule has 2 unspecified atom stereocenters. The second-order valence-corrected chi connectivity index (χ2v) is 5.72. The van der Waals surface area contributed by atoms with Gasteiger partial charge in [0.2, 0.25) is 0 Å². The number of nitrogens with two attached hydrogens (primary N) is 1. The molecule has 1 heterocycles. The van der Waals surface area contributed by atoms with Gasteiger partial charge in [-0.3, -0.25) is 4.79 Å². The summed E-state index contributed by atoms with van der Waals surface area (Å²) >= 11 is 0. The number of carbonyl (C=O) groups is 1. The molecule has 110 valence electrons. The van der Waals surface area contributed by atoms with Crippen molar-refractivity contribution in [1.82, 2.24) is 10.3 Å². The largest absolute Gasteiger partial charge is 0.352 e. The summed E-state index contributed by atoms with van der Waals surface area (Å²) in [5.74, 6) is 7.28. The maximum Gasteiger partial charge on any atom is 0.251 e. The van der Waals surface area contributed by atoms with Gasteiger partial charge >= 0.3 is 0 Å². The highest BCUT2D eigenvalue weighted by Crippen LogP contribution is 2.29. The minimum atomic E-state index is -0.0434. The fourth-order valence-corrected chi connectivity index (χ4v) is 2.82. The van der Waals surface area contributed by atoms with Crippen molar-refractivity contribution in [1.29, 1.82) is 0 Å². The van der Waals surface area contributed by atoms with Gasteiger partial charge in [-0.15, -0.1) is 0 Å². The number of hydrazine groups is 1. The lowest BCUT2D eigenvalue weighted by Gasteiger charge is -2.12. The molecule has 1 fully saturated rings. The van der Waals surface area contributed by atoms with E-state index in [-0.39, 0.29) is 5.91 Å². The summed E-state index contributed by atoms with van der Waals surface area (Å²) in [5.41, 5.74) is 3.99. The van der Waals surface area contributed by atoms with E-state index in [9.17, 15) is 4.79 Å². The first kappa shape index (κ1) is 14.8. The number of rotatable bonds is 5. The first-order chi connectivity index (χ1) is 9.62. The zero-order valence-corrected chi connectivity index (χ0v) is 12.3. The van der Waals surface area contributed by atoms with E-state index >= 15 is 0 Å². The van der Waals surface area contributed by atoms with E-state index in [0.29, 0.717) is 17.3 Å². The Balaban J connectivity index is 1.97. The van der Waals surface area contributed by atoms with Crippen molar-refractivity contribution in [3.8, 4) is 0 Å².